The molecule has 0 radical (unpaired) electrons. The number of hydrogen-bond acceptors (Lipinski definition) is 7. The Morgan fingerprint density at radius 3 is 2.65 bits per heavy atom. The molecule has 1 N–H and O–H groups in total. The molecule has 0 aliphatic carbocycles. The molecule has 0 saturated carbocycles. The van der Waals surface area contributed by atoms with Crippen LogP contribution >= 0.6 is 11.8 Å². The molecule has 162 valence electrons. The molecule has 1 saturated heterocycles. The van der Waals surface area contributed by atoms with Crippen LogP contribution in [0.25, 0.3) is 0 Å². The minimum absolute atomic E-state index is 0.0679. The van der Waals surface area contributed by atoms with Gasteiger partial charge in [0.15, 0.2) is 5.17 Å². The van der Waals surface area contributed by atoms with Gasteiger partial charge in [-0.15, -0.1) is 0 Å². The van der Waals surface area contributed by atoms with E-state index in [-0.39, 0.29) is 18.2 Å². The first kappa shape index (κ1) is 22.4. The molecule has 1 heterocycles. The van der Waals surface area contributed by atoms with Crippen LogP contribution in [0.2, 0.25) is 0 Å². The SMILES string of the molecule is CCOc1cccc(NC(=O)[C@@H]2CC(=O)N(C)C(=Nc3ccc(C(=O)OC)cc3)S2)c1. The van der Waals surface area contributed by atoms with Crippen molar-refractivity contribution < 1.29 is 23.9 Å². The Hall–Kier alpha value is -3.33. The van der Waals surface area contributed by atoms with Crippen LogP contribution < -0.4 is 10.1 Å². The molecule has 0 spiro atoms. The highest BCUT2D eigenvalue weighted by Gasteiger charge is 2.34. The molecule has 0 aromatic heterocycles. The average Bonchev–Trinajstić information content (AvgIpc) is 2.77. The number of nitrogens with one attached hydrogen (secondary N) is 1. The van der Waals surface area contributed by atoms with E-state index in [0.29, 0.717) is 34.5 Å². The summed E-state index contributed by atoms with van der Waals surface area (Å²) in [5.41, 5.74) is 1.55. The number of esters is 1. The number of ether oxygens (including phenoxy) is 2. The van der Waals surface area contributed by atoms with Gasteiger partial charge in [0.05, 0.1) is 25.0 Å². The lowest BCUT2D eigenvalue weighted by Gasteiger charge is -2.28. The van der Waals surface area contributed by atoms with Gasteiger partial charge < -0.3 is 14.8 Å². The Labute approximate surface area is 184 Å². The molecular formula is C22H23N3O5S. The van der Waals surface area contributed by atoms with E-state index < -0.39 is 11.2 Å². The molecule has 2 amide bonds. The number of carbonyl (C=O) groups is 3. The van der Waals surface area contributed by atoms with E-state index >= 15 is 0 Å². The molecule has 8 nitrogen and oxygen atoms in total. The predicted molar refractivity (Wildman–Crippen MR) is 120 cm³/mol. The number of rotatable bonds is 6. The van der Waals surface area contributed by atoms with Crippen LogP contribution in [-0.4, -0.2) is 53.9 Å². The topological polar surface area (TPSA) is 97.3 Å². The highest BCUT2D eigenvalue weighted by molar-refractivity contribution is 8.15. The van der Waals surface area contributed by atoms with Crippen LogP contribution in [-0.2, 0) is 14.3 Å². The quantitative estimate of drug-likeness (QED) is 0.690. The number of thioether (sulfide) groups is 1. The Morgan fingerprint density at radius 1 is 1.23 bits per heavy atom. The van der Waals surface area contributed by atoms with Gasteiger partial charge in [-0.25, -0.2) is 9.79 Å². The molecule has 1 aliphatic heterocycles. The minimum Gasteiger partial charge on any atom is -0.494 e. The van der Waals surface area contributed by atoms with Crippen molar-refractivity contribution in [2.75, 3.05) is 26.1 Å². The lowest BCUT2D eigenvalue weighted by molar-refractivity contribution is -0.128. The molecule has 9 heteroatoms. The van der Waals surface area contributed by atoms with Gasteiger partial charge >= 0.3 is 5.97 Å². The summed E-state index contributed by atoms with van der Waals surface area (Å²) < 4.78 is 10.1. The van der Waals surface area contributed by atoms with Crippen LogP contribution in [0.4, 0.5) is 11.4 Å². The van der Waals surface area contributed by atoms with Gasteiger partial charge in [0.1, 0.15) is 11.0 Å². The fourth-order valence-electron chi connectivity index (χ4n) is 2.85. The van der Waals surface area contributed by atoms with Crippen molar-refractivity contribution >= 4 is 46.1 Å². The van der Waals surface area contributed by atoms with E-state index in [1.807, 2.05) is 13.0 Å². The lowest BCUT2D eigenvalue weighted by atomic mass is 10.2. The Morgan fingerprint density at radius 2 is 1.97 bits per heavy atom. The first-order chi connectivity index (χ1) is 14.9. The number of carbonyl (C=O) groups excluding carboxylic acids is 3. The fraction of sp³-hybridized carbons (Fsp3) is 0.273. The van der Waals surface area contributed by atoms with Gasteiger partial charge in [0.25, 0.3) is 0 Å². The van der Waals surface area contributed by atoms with E-state index in [0.717, 1.165) is 0 Å². The number of anilines is 1. The normalized spacial score (nSPS) is 17.4. The van der Waals surface area contributed by atoms with Crippen molar-refractivity contribution in [1.82, 2.24) is 4.90 Å². The first-order valence-corrected chi connectivity index (χ1v) is 10.5. The molecule has 1 aliphatic rings. The monoisotopic (exact) mass is 441 g/mol. The summed E-state index contributed by atoms with van der Waals surface area (Å²) in [5, 5.41) is 2.63. The smallest absolute Gasteiger partial charge is 0.337 e. The summed E-state index contributed by atoms with van der Waals surface area (Å²) in [4.78, 5) is 42.7. The third-order valence-electron chi connectivity index (χ3n) is 4.49. The number of hydrogen-bond donors (Lipinski definition) is 1. The van der Waals surface area contributed by atoms with Crippen LogP contribution in [0.5, 0.6) is 5.75 Å². The van der Waals surface area contributed by atoms with Gasteiger partial charge in [-0.3, -0.25) is 14.5 Å². The number of methoxy groups -OCH3 is 1. The molecule has 0 bridgehead atoms. The predicted octanol–water partition coefficient (Wildman–Crippen LogP) is 3.46. The fourth-order valence-corrected chi connectivity index (χ4v) is 3.92. The number of amides is 2. The van der Waals surface area contributed by atoms with Gasteiger partial charge in [-0.2, -0.15) is 0 Å². The maximum atomic E-state index is 12.8. The molecule has 31 heavy (non-hydrogen) atoms. The van der Waals surface area contributed by atoms with E-state index in [2.05, 4.69) is 15.0 Å². The zero-order chi connectivity index (χ0) is 22.4. The molecular weight excluding hydrogens is 418 g/mol. The lowest BCUT2D eigenvalue weighted by Crippen LogP contribution is -2.43. The maximum Gasteiger partial charge on any atom is 0.337 e. The summed E-state index contributed by atoms with van der Waals surface area (Å²) in [6, 6.07) is 13.6. The van der Waals surface area contributed by atoms with Crippen LogP contribution in [0.15, 0.2) is 53.5 Å². The van der Waals surface area contributed by atoms with Crippen LogP contribution in [0.3, 0.4) is 0 Å². The number of benzene rings is 2. The van der Waals surface area contributed by atoms with Gasteiger partial charge in [0, 0.05) is 25.2 Å². The molecule has 0 unspecified atom stereocenters. The van der Waals surface area contributed by atoms with Crippen molar-refractivity contribution in [2.24, 2.45) is 4.99 Å². The maximum absolute atomic E-state index is 12.8. The zero-order valence-corrected chi connectivity index (χ0v) is 18.3. The summed E-state index contributed by atoms with van der Waals surface area (Å²) in [6.45, 7) is 2.41. The van der Waals surface area contributed by atoms with Crippen LogP contribution in [0.1, 0.15) is 23.7 Å². The second kappa shape index (κ2) is 10.1. The second-order valence-corrected chi connectivity index (χ2v) is 7.82. The van der Waals surface area contributed by atoms with Crippen molar-refractivity contribution in [1.29, 1.82) is 0 Å². The van der Waals surface area contributed by atoms with Crippen molar-refractivity contribution in [3.05, 3.63) is 54.1 Å². The minimum atomic E-state index is -0.618. The summed E-state index contributed by atoms with van der Waals surface area (Å²) in [7, 11) is 2.94. The third-order valence-corrected chi connectivity index (χ3v) is 5.73. The van der Waals surface area contributed by atoms with Gasteiger partial charge in [-0.05, 0) is 43.3 Å². The van der Waals surface area contributed by atoms with Crippen molar-refractivity contribution in [3.63, 3.8) is 0 Å². The summed E-state index contributed by atoms with van der Waals surface area (Å²) in [6.07, 6.45) is 0.0679. The average molecular weight is 442 g/mol. The zero-order valence-electron chi connectivity index (χ0n) is 17.5. The molecule has 1 atom stereocenters. The van der Waals surface area contributed by atoms with Gasteiger partial charge in [0.2, 0.25) is 11.8 Å². The largest absolute Gasteiger partial charge is 0.494 e. The second-order valence-electron chi connectivity index (χ2n) is 6.65. The number of nitrogens with zero attached hydrogens (tertiary/aromatic N) is 2. The van der Waals surface area contributed by atoms with Gasteiger partial charge in [-0.1, -0.05) is 17.8 Å². The Balaban J connectivity index is 1.74. The third kappa shape index (κ3) is 5.64. The summed E-state index contributed by atoms with van der Waals surface area (Å²) >= 11 is 1.22. The van der Waals surface area contributed by atoms with Crippen LogP contribution in [0, 0.1) is 0 Å². The molecule has 3 rings (SSSR count). The van der Waals surface area contributed by atoms with E-state index in [1.165, 1.54) is 23.8 Å². The Bertz CT molecular complexity index is 1010. The number of amidine groups is 1. The molecule has 2 aromatic rings. The Kier molecular flexibility index (Phi) is 7.30. The van der Waals surface area contributed by atoms with Crippen molar-refractivity contribution in [2.45, 2.75) is 18.6 Å². The summed E-state index contributed by atoms with van der Waals surface area (Å²) in [5.74, 6) is -0.269. The highest BCUT2D eigenvalue weighted by atomic mass is 32.2. The standard InChI is InChI=1S/C22H23N3O5S/c1-4-30-17-7-5-6-16(12-17)23-20(27)18-13-19(26)25(2)22(31-18)24-15-10-8-14(9-11-15)21(28)29-3/h5-12,18H,4,13H2,1-3H3,(H,23,27)/t18-/m0/s1. The highest BCUT2D eigenvalue weighted by Crippen LogP contribution is 2.29. The van der Waals surface area contributed by atoms with E-state index in [9.17, 15) is 14.4 Å². The molecule has 2 aromatic carbocycles. The van der Waals surface area contributed by atoms with E-state index in [1.54, 1.807) is 49.5 Å². The van der Waals surface area contributed by atoms with E-state index in [4.69, 9.17) is 4.74 Å². The molecule has 1 fully saturated rings. The number of aliphatic imine (C=N–C) groups is 1. The van der Waals surface area contributed by atoms with Crippen molar-refractivity contribution in [3.8, 4) is 5.75 Å². The first-order valence-electron chi connectivity index (χ1n) is 9.65.